The van der Waals surface area contributed by atoms with Gasteiger partial charge in [0.1, 0.15) is 0 Å². The normalized spacial score (nSPS) is 19.8. The van der Waals surface area contributed by atoms with Crippen LogP contribution in [0.4, 0.5) is 0 Å². The lowest BCUT2D eigenvalue weighted by Crippen LogP contribution is -2.00. The van der Waals surface area contributed by atoms with Gasteiger partial charge in [0.15, 0.2) is 5.78 Å². The molecule has 2 aromatic carbocycles. The van der Waals surface area contributed by atoms with Crippen LogP contribution in [0.3, 0.4) is 0 Å². The Morgan fingerprint density at radius 2 is 1.56 bits per heavy atom. The Morgan fingerprint density at radius 3 is 2.22 bits per heavy atom. The van der Waals surface area contributed by atoms with Crippen molar-refractivity contribution in [1.29, 1.82) is 0 Å². The highest BCUT2D eigenvalue weighted by Crippen LogP contribution is 2.41. The maximum atomic E-state index is 12.2. The molecule has 2 aromatic rings. The van der Waals surface area contributed by atoms with Crippen LogP contribution < -0.4 is 0 Å². The fraction of sp³-hybridized carbons (Fsp3) is 0.118. The van der Waals surface area contributed by atoms with Gasteiger partial charge in [-0.15, -0.1) is 0 Å². The largest absolute Gasteiger partial charge is 0.293 e. The molecule has 1 nitrogen and oxygen atoms in total. The van der Waals surface area contributed by atoms with Crippen LogP contribution in [0.1, 0.15) is 22.3 Å². The van der Waals surface area contributed by atoms with Crippen LogP contribution in [0.15, 0.2) is 66.2 Å². The minimum Gasteiger partial charge on any atom is -0.293 e. The molecule has 0 aromatic heterocycles. The Kier molecular flexibility index (Phi) is 2.81. The second kappa shape index (κ2) is 4.61. The second-order valence-electron chi connectivity index (χ2n) is 4.62. The van der Waals surface area contributed by atoms with Gasteiger partial charge in [-0.25, -0.2) is 0 Å². The van der Waals surface area contributed by atoms with Crippen LogP contribution in [0.2, 0.25) is 0 Å². The van der Waals surface area contributed by atoms with Crippen molar-refractivity contribution >= 4 is 11.9 Å². The molecular weight excluding hydrogens is 220 g/mol. The number of carbonyl (C=O) groups excluding carboxylic acids is 1. The first kappa shape index (κ1) is 11.0. The first-order valence-corrected chi connectivity index (χ1v) is 6.19. The molecule has 0 saturated heterocycles. The number of hydrogen-bond acceptors (Lipinski definition) is 1. The van der Waals surface area contributed by atoms with E-state index in [1.807, 2.05) is 48.5 Å². The SMILES string of the molecule is O=C(c1ccccc1)C1C/C1=C\c1ccccc1. The van der Waals surface area contributed by atoms with Crippen LogP contribution in [-0.2, 0) is 0 Å². The van der Waals surface area contributed by atoms with Crippen molar-refractivity contribution in [1.82, 2.24) is 0 Å². The number of hydrogen-bond donors (Lipinski definition) is 0. The summed E-state index contributed by atoms with van der Waals surface area (Å²) in [5.41, 5.74) is 3.24. The third kappa shape index (κ3) is 2.25. The second-order valence-corrected chi connectivity index (χ2v) is 4.62. The first-order valence-electron chi connectivity index (χ1n) is 6.19. The summed E-state index contributed by atoms with van der Waals surface area (Å²) < 4.78 is 0. The molecule has 3 rings (SSSR count). The first-order chi connectivity index (χ1) is 8.84. The fourth-order valence-corrected chi connectivity index (χ4v) is 2.16. The van der Waals surface area contributed by atoms with Crippen molar-refractivity contribution in [2.75, 3.05) is 0 Å². The van der Waals surface area contributed by atoms with E-state index in [1.54, 1.807) is 0 Å². The van der Waals surface area contributed by atoms with Crippen LogP contribution >= 0.6 is 0 Å². The van der Waals surface area contributed by atoms with Crippen molar-refractivity contribution in [3.8, 4) is 0 Å². The van der Waals surface area contributed by atoms with E-state index in [4.69, 9.17) is 0 Å². The van der Waals surface area contributed by atoms with Crippen LogP contribution in [0.5, 0.6) is 0 Å². The van der Waals surface area contributed by atoms with Gasteiger partial charge in [0.25, 0.3) is 0 Å². The number of allylic oxidation sites excluding steroid dienone is 1. The fourth-order valence-electron chi connectivity index (χ4n) is 2.16. The highest BCUT2D eigenvalue weighted by Gasteiger charge is 2.36. The van der Waals surface area contributed by atoms with Gasteiger partial charge >= 0.3 is 0 Å². The molecule has 1 saturated carbocycles. The van der Waals surface area contributed by atoms with E-state index < -0.39 is 0 Å². The van der Waals surface area contributed by atoms with Crippen LogP contribution in [0, 0.1) is 5.92 Å². The third-order valence-electron chi connectivity index (χ3n) is 3.25. The lowest BCUT2D eigenvalue weighted by molar-refractivity contribution is 0.0972. The monoisotopic (exact) mass is 234 g/mol. The molecule has 0 heterocycles. The van der Waals surface area contributed by atoms with Gasteiger partial charge in [0.05, 0.1) is 0 Å². The number of Topliss-reactive ketones (excluding diaryl/α,β-unsaturated/α-hetero) is 1. The molecule has 0 aliphatic heterocycles. The highest BCUT2D eigenvalue weighted by molar-refractivity contribution is 6.03. The average molecular weight is 234 g/mol. The summed E-state index contributed by atoms with van der Waals surface area (Å²) in [6.45, 7) is 0. The summed E-state index contributed by atoms with van der Waals surface area (Å²) in [5, 5.41) is 0. The number of carbonyl (C=O) groups is 1. The summed E-state index contributed by atoms with van der Waals surface area (Å²) in [7, 11) is 0. The van der Waals surface area contributed by atoms with Gasteiger partial charge in [-0.3, -0.25) is 4.79 Å². The summed E-state index contributed by atoms with van der Waals surface area (Å²) in [6, 6.07) is 19.7. The van der Waals surface area contributed by atoms with Crippen molar-refractivity contribution in [2.45, 2.75) is 6.42 Å². The molecule has 0 amide bonds. The number of benzene rings is 2. The smallest absolute Gasteiger partial charge is 0.170 e. The quantitative estimate of drug-likeness (QED) is 0.734. The lowest BCUT2D eigenvalue weighted by atomic mass is 10.1. The Morgan fingerprint density at radius 1 is 0.944 bits per heavy atom. The lowest BCUT2D eigenvalue weighted by Gasteiger charge is -1.96. The highest BCUT2D eigenvalue weighted by atomic mass is 16.1. The Hall–Kier alpha value is -2.15. The average Bonchev–Trinajstić information content (AvgIpc) is 3.19. The Labute approximate surface area is 107 Å². The van der Waals surface area contributed by atoms with Gasteiger partial charge in [0.2, 0.25) is 0 Å². The summed E-state index contributed by atoms with van der Waals surface area (Å²) in [5.74, 6) is 0.352. The molecule has 1 heteroatoms. The van der Waals surface area contributed by atoms with Crippen molar-refractivity contribution < 1.29 is 4.79 Å². The topological polar surface area (TPSA) is 17.1 Å². The van der Waals surface area contributed by atoms with E-state index in [0.717, 1.165) is 12.0 Å². The minimum absolute atomic E-state index is 0.104. The van der Waals surface area contributed by atoms with Crippen LogP contribution in [0.25, 0.3) is 6.08 Å². The predicted octanol–water partition coefficient (Wildman–Crippen LogP) is 3.97. The maximum absolute atomic E-state index is 12.2. The maximum Gasteiger partial charge on any atom is 0.170 e. The third-order valence-corrected chi connectivity index (χ3v) is 3.25. The van der Waals surface area contributed by atoms with Gasteiger partial charge in [-0.05, 0) is 12.0 Å². The van der Waals surface area contributed by atoms with Crippen molar-refractivity contribution in [3.63, 3.8) is 0 Å². The minimum atomic E-state index is 0.104. The Bertz CT molecular complexity index is 582. The number of ketones is 1. The van der Waals surface area contributed by atoms with E-state index in [1.165, 1.54) is 11.1 Å². The number of rotatable bonds is 3. The van der Waals surface area contributed by atoms with E-state index >= 15 is 0 Å². The van der Waals surface area contributed by atoms with E-state index in [2.05, 4.69) is 18.2 Å². The molecule has 1 unspecified atom stereocenters. The summed E-state index contributed by atoms with van der Waals surface area (Å²) in [6.07, 6.45) is 3.04. The molecule has 0 N–H and O–H groups in total. The van der Waals surface area contributed by atoms with Gasteiger partial charge < -0.3 is 0 Å². The predicted molar refractivity (Wildman–Crippen MR) is 73.3 cm³/mol. The molecule has 1 atom stereocenters. The molecule has 1 fully saturated rings. The van der Waals surface area contributed by atoms with Gasteiger partial charge in [0, 0.05) is 11.5 Å². The van der Waals surface area contributed by atoms with E-state index in [-0.39, 0.29) is 11.7 Å². The van der Waals surface area contributed by atoms with Crippen molar-refractivity contribution in [3.05, 3.63) is 77.4 Å². The van der Waals surface area contributed by atoms with Gasteiger partial charge in [-0.1, -0.05) is 72.3 Å². The van der Waals surface area contributed by atoms with Crippen molar-refractivity contribution in [2.24, 2.45) is 5.92 Å². The molecular formula is C17H14O. The molecule has 1 aliphatic carbocycles. The van der Waals surface area contributed by atoms with E-state index in [0.29, 0.717) is 0 Å². The molecule has 0 radical (unpaired) electrons. The van der Waals surface area contributed by atoms with Gasteiger partial charge in [-0.2, -0.15) is 0 Å². The summed E-state index contributed by atoms with van der Waals surface area (Å²) in [4.78, 5) is 12.2. The Balaban J connectivity index is 1.75. The molecule has 18 heavy (non-hydrogen) atoms. The zero-order chi connectivity index (χ0) is 12.4. The van der Waals surface area contributed by atoms with E-state index in [9.17, 15) is 4.79 Å². The zero-order valence-corrected chi connectivity index (χ0v) is 10.0. The summed E-state index contributed by atoms with van der Waals surface area (Å²) >= 11 is 0. The zero-order valence-electron chi connectivity index (χ0n) is 10.0. The molecule has 0 bridgehead atoms. The van der Waals surface area contributed by atoms with Crippen LogP contribution in [-0.4, -0.2) is 5.78 Å². The standard InChI is InChI=1S/C17H14O/c18-17(14-9-5-2-6-10-14)16-12-15(16)11-13-7-3-1-4-8-13/h1-11,16H,12H2/b15-11+. The molecule has 88 valence electrons. The molecule has 0 spiro atoms. The molecule has 1 aliphatic rings.